The smallest absolute Gasteiger partial charge is 0.416 e. The number of ether oxygens (including phenoxy) is 1. The maximum Gasteiger partial charge on any atom is 0.416 e. The SMILES string of the molecule is COc1cc(C(F)(F)F)cc(C(F)(F)F)c1[C@@H](N)CO. The number of aliphatic hydroxyl groups is 1. The average Bonchev–Trinajstić information content (AvgIpc) is 2.33. The fourth-order valence-electron chi connectivity index (χ4n) is 1.67. The van der Waals surface area contributed by atoms with Crippen molar-refractivity contribution in [2.24, 2.45) is 5.73 Å². The number of halogens is 6. The topological polar surface area (TPSA) is 55.5 Å². The highest BCUT2D eigenvalue weighted by Crippen LogP contribution is 2.43. The number of hydrogen-bond donors (Lipinski definition) is 2. The van der Waals surface area contributed by atoms with Crippen molar-refractivity contribution in [1.29, 1.82) is 0 Å². The summed E-state index contributed by atoms with van der Waals surface area (Å²) in [6, 6.07) is -1.14. The van der Waals surface area contributed by atoms with Crippen molar-refractivity contribution in [1.82, 2.24) is 0 Å². The molecule has 1 aromatic rings. The summed E-state index contributed by atoms with van der Waals surface area (Å²) >= 11 is 0. The summed E-state index contributed by atoms with van der Waals surface area (Å²) in [6.07, 6.45) is -10.0. The lowest BCUT2D eigenvalue weighted by Gasteiger charge is -2.22. The monoisotopic (exact) mass is 303 g/mol. The molecule has 0 unspecified atom stereocenters. The minimum Gasteiger partial charge on any atom is -0.496 e. The number of aliphatic hydroxyl groups excluding tert-OH is 1. The molecule has 1 aromatic carbocycles. The van der Waals surface area contributed by atoms with E-state index in [2.05, 4.69) is 4.74 Å². The highest BCUT2D eigenvalue weighted by Gasteiger charge is 2.40. The zero-order valence-electron chi connectivity index (χ0n) is 10.1. The first-order chi connectivity index (χ1) is 9.02. The Hall–Kier alpha value is -1.48. The average molecular weight is 303 g/mol. The van der Waals surface area contributed by atoms with E-state index in [9.17, 15) is 26.3 Å². The van der Waals surface area contributed by atoms with Crippen molar-refractivity contribution < 1.29 is 36.2 Å². The maximum atomic E-state index is 12.9. The summed E-state index contributed by atoms with van der Waals surface area (Å²) in [5.74, 6) is -0.673. The van der Waals surface area contributed by atoms with Crippen molar-refractivity contribution in [3.63, 3.8) is 0 Å². The van der Waals surface area contributed by atoms with E-state index in [0.717, 1.165) is 7.11 Å². The molecular formula is C11H11F6NO2. The summed E-state index contributed by atoms with van der Waals surface area (Å²) < 4.78 is 80.9. The summed E-state index contributed by atoms with van der Waals surface area (Å²) in [5, 5.41) is 8.86. The van der Waals surface area contributed by atoms with Crippen LogP contribution in [0.25, 0.3) is 0 Å². The molecule has 20 heavy (non-hydrogen) atoms. The van der Waals surface area contributed by atoms with Crippen LogP contribution in [0, 0.1) is 0 Å². The molecule has 0 heterocycles. The first kappa shape index (κ1) is 16.6. The second-order valence-corrected chi connectivity index (χ2v) is 3.92. The molecule has 0 radical (unpaired) electrons. The summed E-state index contributed by atoms with van der Waals surface area (Å²) in [7, 11) is 0.920. The number of hydrogen-bond acceptors (Lipinski definition) is 3. The fraction of sp³-hybridized carbons (Fsp3) is 0.455. The van der Waals surface area contributed by atoms with Gasteiger partial charge in [0.05, 0.1) is 30.9 Å². The Bertz CT molecular complexity index is 483. The molecule has 1 atom stereocenters. The quantitative estimate of drug-likeness (QED) is 0.844. The van der Waals surface area contributed by atoms with Gasteiger partial charge in [-0.15, -0.1) is 0 Å². The Balaban J connectivity index is 3.65. The second kappa shape index (κ2) is 5.49. The molecule has 1 rings (SSSR count). The van der Waals surface area contributed by atoms with Gasteiger partial charge in [-0.3, -0.25) is 0 Å². The zero-order valence-corrected chi connectivity index (χ0v) is 10.1. The van der Waals surface area contributed by atoms with E-state index < -0.39 is 47.4 Å². The molecule has 0 bridgehead atoms. The van der Waals surface area contributed by atoms with Gasteiger partial charge in [0.15, 0.2) is 0 Å². The molecule has 0 saturated carbocycles. The van der Waals surface area contributed by atoms with Crippen LogP contribution in [0.3, 0.4) is 0 Å². The van der Waals surface area contributed by atoms with Crippen LogP contribution in [-0.4, -0.2) is 18.8 Å². The molecule has 3 nitrogen and oxygen atoms in total. The highest BCUT2D eigenvalue weighted by atomic mass is 19.4. The summed E-state index contributed by atoms with van der Waals surface area (Å²) in [5.41, 5.74) is 1.52. The molecule has 0 amide bonds. The number of benzene rings is 1. The van der Waals surface area contributed by atoms with E-state index in [1.807, 2.05) is 0 Å². The molecule has 3 N–H and O–H groups in total. The van der Waals surface area contributed by atoms with E-state index in [-0.39, 0.29) is 6.07 Å². The number of rotatable bonds is 3. The first-order valence-electron chi connectivity index (χ1n) is 5.25. The maximum absolute atomic E-state index is 12.9. The summed E-state index contributed by atoms with van der Waals surface area (Å²) in [6.45, 7) is -0.870. The Morgan fingerprint density at radius 1 is 1.15 bits per heavy atom. The van der Waals surface area contributed by atoms with Crippen LogP contribution < -0.4 is 10.5 Å². The van der Waals surface area contributed by atoms with Gasteiger partial charge in [0.2, 0.25) is 0 Å². The van der Waals surface area contributed by atoms with Gasteiger partial charge in [-0.2, -0.15) is 26.3 Å². The van der Waals surface area contributed by atoms with E-state index >= 15 is 0 Å². The highest BCUT2D eigenvalue weighted by molar-refractivity contribution is 5.48. The second-order valence-electron chi connectivity index (χ2n) is 3.92. The van der Waals surface area contributed by atoms with Crippen molar-refractivity contribution in [2.75, 3.05) is 13.7 Å². The molecule has 114 valence electrons. The molecule has 0 aromatic heterocycles. The molecular weight excluding hydrogens is 292 g/mol. The zero-order chi connectivity index (χ0) is 15.7. The molecule has 0 spiro atoms. The van der Waals surface area contributed by atoms with Gasteiger partial charge in [-0.05, 0) is 12.1 Å². The number of methoxy groups -OCH3 is 1. The van der Waals surface area contributed by atoms with Crippen LogP contribution >= 0.6 is 0 Å². The van der Waals surface area contributed by atoms with Gasteiger partial charge in [0.1, 0.15) is 5.75 Å². The van der Waals surface area contributed by atoms with Crippen LogP contribution in [0.1, 0.15) is 22.7 Å². The minimum absolute atomic E-state index is 0.0482. The van der Waals surface area contributed by atoms with Crippen LogP contribution in [0.2, 0.25) is 0 Å². The largest absolute Gasteiger partial charge is 0.496 e. The lowest BCUT2D eigenvalue weighted by Crippen LogP contribution is -2.22. The number of nitrogens with two attached hydrogens (primary N) is 1. The van der Waals surface area contributed by atoms with Gasteiger partial charge >= 0.3 is 12.4 Å². The Morgan fingerprint density at radius 3 is 2.05 bits per heavy atom. The molecule has 0 aliphatic rings. The van der Waals surface area contributed by atoms with E-state index in [4.69, 9.17) is 10.8 Å². The van der Waals surface area contributed by atoms with E-state index in [1.54, 1.807) is 0 Å². The fourth-order valence-corrected chi connectivity index (χ4v) is 1.67. The van der Waals surface area contributed by atoms with Gasteiger partial charge in [-0.25, -0.2) is 0 Å². The third-order valence-corrected chi connectivity index (χ3v) is 2.56. The lowest BCUT2D eigenvalue weighted by atomic mass is 9.96. The van der Waals surface area contributed by atoms with Crippen LogP contribution in [0.4, 0.5) is 26.3 Å². The Kier molecular flexibility index (Phi) is 4.55. The third-order valence-electron chi connectivity index (χ3n) is 2.56. The van der Waals surface area contributed by atoms with E-state index in [1.165, 1.54) is 0 Å². The molecule has 0 fully saturated rings. The molecule has 0 aliphatic heterocycles. The van der Waals surface area contributed by atoms with Crippen LogP contribution in [-0.2, 0) is 12.4 Å². The van der Waals surface area contributed by atoms with Crippen molar-refractivity contribution in [3.05, 3.63) is 28.8 Å². The predicted octanol–water partition coefficient (Wildman–Crippen LogP) is 2.72. The van der Waals surface area contributed by atoms with Crippen molar-refractivity contribution >= 4 is 0 Å². The Morgan fingerprint density at radius 2 is 1.70 bits per heavy atom. The lowest BCUT2D eigenvalue weighted by molar-refractivity contribution is -0.143. The van der Waals surface area contributed by atoms with Crippen LogP contribution in [0.15, 0.2) is 12.1 Å². The van der Waals surface area contributed by atoms with Gasteiger partial charge in [-0.1, -0.05) is 0 Å². The number of alkyl halides is 6. The minimum atomic E-state index is -5.06. The molecule has 0 aliphatic carbocycles. The predicted molar refractivity (Wildman–Crippen MR) is 57.0 cm³/mol. The van der Waals surface area contributed by atoms with Gasteiger partial charge in [0.25, 0.3) is 0 Å². The molecule has 9 heteroatoms. The van der Waals surface area contributed by atoms with Crippen LogP contribution in [0.5, 0.6) is 5.75 Å². The van der Waals surface area contributed by atoms with Gasteiger partial charge in [0, 0.05) is 5.56 Å². The normalized spacial score (nSPS) is 14.2. The van der Waals surface area contributed by atoms with Gasteiger partial charge < -0.3 is 15.6 Å². The first-order valence-corrected chi connectivity index (χ1v) is 5.25. The van der Waals surface area contributed by atoms with Crippen molar-refractivity contribution in [3.8, 4) is 5.75 Å². The molecule has 0 saturated heterocycles. The third kappa shape index (κ3) is 3.34. The Labute approximate surface area is 109 Å². The van der Waals surface area contributed by atoms with E-state index in [0.29, 0.717) is 6.07 Å². The van der Waals surface area contributed by atoms with Crippen molar-refractivity contribution in [2.45, 2.75) is 18.4 Å². The summed E-state index contributed by atoms with van der Waals surface area (Å²) in [4.78, 5) is 0. The standard InChI is InChI=1S/C11H11F6NO2/c1-20-8-3-5(10(12,13)14)2-6(11(15,16)17)9(8)7(18)4-19/h2-3,7,19H,4,18H2,1H3/t7-/m0/s1.